The van der Waals surface area contributed by atoms with Crippen molar-refractivity contribution in [1.82, 2.24) is 9.62 Å². The van der Waals surface area contributed by atoms with Gasteiger partial charge in [0.05, 0.1) is 10.9 Å². The van der Waals surface area contributed by atoms with Crippen LogP contribution in [0.25, 0.3) is 10.8 Å². The molecule has 1 aliphatic heterocycles. The van der Waals surface area contributed by atoms with E-state index < -0.39 is 16.1 Å². The largest absolute Gasteiger partial charge is 0.368 e. The zero-order valence-electron chi connectivity index (χ0n) is 16.9. The van der Waals surface area contributed by atoms with E-state index >= 15 is 0 Å². The summed E-state index contributed by atoms with van der Waals surface area (Å²) in [5.41, 5.74) is 1.13. The lowest BCUT2D eigenvalue weighted by atomic mass is 10.1. The van der Waals surface area contributed by atoms with Gasteiger partial charge in [-0.25, -0.2) is 8.42 Å². The molecule has 1 N–H and O–H groups in total. The van der Waals surface area contributed by atoms with E-state index in [-0.39, 0.29) is 10.8 Å². The van der Waals surface area contributed by atoms with Crippen LogP contribution < -0.4 is 9.62 Å². The van der Waals surface area contributed by atoms with E-state index in [0.29, 0.717) is 13.1 Å². The van der Waals surface area contributed by atoms with Crippen molar-refractivity contribution in [2.75, 3.05) is 31.1 Å². The van der Waals surface area contributed by atoms with Gasteiger partial charge in [-0.1, -0.05) is 48.5 Å². The van der Waals surface area contributed by atoms with Gasteiger partial charge in [-0.2, -0.15) is 4.72 Å². The van der Waals surface area contributed by atoms with Crippen LogP contribution in [0.5, 0.6) is 0 Å². The number of piperazine rings is 1. The Morgan fingerprint density at radius 2 is 1.50 bits per heavy atom. The Labute approximate surface area is 177 Å². The molecule has 1 amide bonds. The second-order valence-corrected chi connectivity index (χ2v) is 9.21. The number of hydrogen-bond donors (Lipinski definition) is 1. The highest BCUT2D eigenvalue weighted by atomic mass is 32.2. The van der Waals surface area contributed by atoms with Crippen molar-refractivity contribution in [2.24, 2.45) is 0 Å². The first-order chi connectivity index (χ1) is 14.4. The SMILES string of the molecule is C[C@@H](NS(=O)(=O)c1ccc2ccccc2c1)C(=O)N1CCN(c2ccccc2)CC1. The molecule has 4 rings (SSSR count). The van der Waals surface area contributed by atoms with Gasteiger partial charge in [0.25, 0.3) is 0 Å². The van der Waals surface area contributed by atoms with Gasteiger partial charge >= 0.3 is 0 Å². The number of hydrogen-bond acceptors (Lipinski definition) is 4. The molecule has 0 radical (unpaired) electrons. The minimum atomic E-state index is -3.80. The molecule has 1 saturated heterocycles. The Balaban J connectivity index is 1.40. The third kappa shape index (κ3) is 4.32. The molecule has 156 valence electrons. The van der Waals surface area contributed by atoms with E-state index in [4.69, 9.17) is 0 Å². The minimum absolute atomic E-state index is 0.162. The summed E-state index contributed by atoms with van der Waals surface area (Å²) in [6.45, 7) is 4.18. The van der Waals surface area contributed by atoms with Crippen LogP contribution in [0.2, 0.25) is 0 Å². The molecular weight excluding hydrogens is 398 g/mol. The minimum Gasteiger partial charge on any atom is -0.368 e. The average molecular weight is 424 g/mol. The number of rotatable bonds is 5. The number of amides is 1. The number of carbonyl (C=O) groups excluding carboxylic acids is 1. The number of nitrogens with zero attached hydrogens (tertiary/aromatic N) is 2. The van der Waals surface area contributed by atoms with Crippen molar-refractivity contribution < 1.29 is 13.2 Å². The van der Waals surface area contributed by atoms with E-state index in [1.54, 1.807) is 30.0 Å². The third-order valence-corrected chi connectivity index (χ3v) is 6.98. The summed E-state index contributed by atoms with van der Waals surface area (Å²) in [6, 6.07) is 21.8. The van der Waals surface area contributed by atoms with E-state index in [0.717, 1.165) is 29.5 Å². The fourth-order valence-corrected chi connectivity index (χ4v) is 5.02. The Morgan fingerprint density at radius 1 is 0.867 bits per heavy atom. The topological polar surface area (TPSA) is 69.7 Å². The van der Waals surface area contributed by atoms with Gasteiger partial charge in [0.1, 0.15) is 0 Å². The predicted molar refractivity (Wildman–Crippen MR) is 119 cm³/mol. The molecule has 1 fully saturated rings. The van der Waals surface area contributed by atoms with Crippen LogP contribution in [0, 0.1) is 0 Å². The van der Waals surface area contributed by atoms with Gasteiger partial charge in [0.2, 0.25) is 15.9 Å². The normalized spacial score (nSPS) is 15.9. The standard InChI is InChI=1S/C23H25N3O3S/c1-18(23(27)26-15-13-25(14-16-26)21-9-3-2-4-10-21)24-30(28,29)22-12-11-19-7-5-6-8-20(19)17-22/h2-12,17-18,24H,13-16H2,1H3/t18-/m1/s1. The Hall–Kier alpha value is -2.90. The first-order valence-corrected chi connectivity index (χ1v) is 11.5. The zero-order valence-corrected chi connectivity index (χ0v) is 17.7. The summed E-state index contributed by atoms with van der Waals surface area (Å²) >= 11 is 0. The number of anilines is 1. The molecule has 1 atom stereocenters. The van der Waals surface area contributed by atoms with E-state index in [1.165, 1.54) is 0 Å². The lowest BCUT2D eigenvalue weighted by Crippen LogP contribution is -2.54. The fraction of sp³-hybridized carbons (Fsp3) is 0.261. The van der Waals surface area contributed by atoms with Crippen molar-refractivity contribution in [1.29, 1.82) is 0 Å². The number of sulfonamides is 1. The quantitative estimate of drug-likeness (QED) is 0.685. The molecule has 1 heterocycles. The molecule has 3 aromatic carbocycles. The second-order valence-electron chi connectivity index (χ2n) is 7.50. The van der Waals surface area contributed by atoms with Crippen LogP contribution in [0.1, 0.15) is 6.92 Å². The molecule has 0 spiro atoms. The summed E-state index contributed by atoms with van der Waals surface area (Å²) in [6.07, 6.45) is 0. The highest BCUT2D eigenvalue weighted by molar-refractivity contribution is 7.89. The summed E-state index contributed by atoms with van der Waals surface area (Å²) in [4.78, 5) is 17.0. The molecule has 30 heavy (non-hydrogen) atoms. The smallest absolute Gasteiger partial charge is 0.241 e. The summed E-state index contributed by atoms with van der Waals surface area (Å²) in [7, 11) is -3.80. The van der Waals surface area contributed by atoms with Crippen LogP contribution in [0.3, 0.4) is 0 Å². The predicted octanol–water partition coefficient (Wildman–Crippen LogP) is 2.86. The molecule has 7 heteroatoms. The van der Waals surface area contributed by atoms with Crippen LogP contribution >= 0.6 is 0 Å². The molecule has 1 aliphatic rings. The molecule has 0 unspecified atom stereocenters. The number of para-hydroxylation sites is 1. The third-order valence-electron chi connectivity index (χ3n) is 5.45. The molecular formula is C23H25N3O3S. The lowest BCUT2D eigenvalue weighted by molar-refractivity contribution is -0.132. The number of benzene rings is 3. The highest BCUT2D eigenvalue weighted by Crippen LogP contribution is 2.20. The van der Waals surface area contributed by atoms with Crippen LogP contribution in [-0.4, -0.2) is 51.4 Å². The van der Waals surface area contributed by atoms with Gasteiger partial charge in [-0.3, -0.25) is 4.79 Å². The molecule has 0 aliphatic carbocycles. The molecule has 0 bridgehead atoms. The maximum atomic E-state index is 12.8. The van der Waals surface area contributed by atoms with Gasteiger partial charge in [-0.15, -0.1) is 0 Å². The molecule has 6 nitrogen and oxygen atoms in total. The number of nitrogens with one attached hydrogen (secondary N) is 1. The number of fused-ring (bicyclic) bond motifs is 1. The van der Waals surface area contributed by atoms with Crippen molar-refractivity contribution in [3.63, 3.8) is 0 Å². The maximum Gasteiger partial charge on any atom is 0.241 e. The number of carbonyl (C=O) groups is 1. The van der Waals surface area contributed by atoms with Crippen LogP contribution in [0.15, 0.2) is 77.7 Å². The van der Waals surface area contributed by atoms with Crippen LogP contribution in [-0.2, 0) is 14.8 Å². The first-order valence-electron chi connectivity index (χ1n) is 10.0. The second kappa shape index (κ2) is 8.45. The maximum absolute atomic E-state index is 12.8. The van der Waals surface area contributed by atoms with E-state index in [1.807, 2.05) is 42.5 Å². The van der Waals surface area contributed by atoms with Crippen molar-refractivity contribution >= 4 is 32.4 Å². The molecule has 0 aromatic heterocycles. The van der Waals surface area contributed by atoms with Gasteiger partial charge < -0.3 is 9.80 Å². The van der Waals surface area contributed by atoms with E-state index in [9.17, 15) is 13.2 Å². The van der Waals surface area contributed by atoms with Crippen molar-refractivity contribution in [3.8, 4) is 0 Å². The average Bonchev–Trinajstić information content (AvgIpc) is 2.78. The van der Waals surface area contributed by atoms with Crippen LogP contribution in [0.4, 0.5) is 5.69 Å². The van der Waals surface area contributed by atoms with Crippen molar-refractivity contribution in [2.45, 2.75) is 17.9 Å². The summed E-state index contributed by atoms with van der Waals surface area (Å²) in [5.74, 6) is -0.202. The van der Waals surface area contributed by atoms with Gasteiger partial charge in [0.15, 0.2) is 0 Å². The lowest BCUT2D eigenvalue weighted by Gasteiger charge is -2.37. The Morgan fingerprint density at radius 3 is 2.20 bits per heavy atom. The summed E-state index contributed by atoms with van der Waals surface area (Å²) in [5, 5.41) is 1.81. The summed E-state index contributed by atoms with van der Waals surface area (Å²) < 4.78 is 28.2. The highest BCUT2D eigenvalue weighted by Gasteiger charge is 2.28. The zero-order chi connectivity index (χ0) is 21.1. The monoisotopic (exact) mass is 423 g/mol. The Bertz CT molecular complexity index is 1140. The Kier molecular flexibility index (Phi) is 5.74. The van der Waals surface area contributed by atoms with Gasteiger partial charge in [0, 0.05) is 31.9 Å². The van der Waals surface area contributed by atoms with Gasteiger partial charge in [-0.05, 0) is 42.0 Å². The first kappa shape index (κ1) is 20.4. The van der Waals surface area contributed by atoms with Crippen molar-refractivity contribution in [3.05, 3.63) is 72.8 Å². The molecule has 0 saturated carbocycles. The van der Waals surface area contributed by atoms with E-state index in [2.05, 4.69) is 21.8 Å². The fourth-order valence-electron chi connectivity index (χ4n) is 3.78. The molecule has 3 aromatic rings.